The van der Waals surface area contributed by atoms with Gasteiger partial charge in [-0.25, -0.2) is 9.97 Å². The number of fused-ring (bicyclic) bond motifs is 3. The molecule has 1 saturated heterocycles. The van der Waals surface area contributed by atoms with Gasteiger partial charge in [0.05, 0.1) is 23.7 Å². The smallest absolute Gasteiger partial charge is 0.226 e. The number of hydrogen-bond donors (Lipinski definition) is 0. The molecule has 6 rings (SSSR count). The standard InChI is InChI=1S/C25H24ClN9/c26-19-1-2-21-18(11-19)13-33(16-25(15-28)6-7-25)14-22-31-32-23(35(21)22)17-4-9-34(10-5-17)24-29-8-3-20(12-27)30-24/h1-3,8,11,17H,4-7,9-10,13-14,16H2. The molecule has 1 aliphatic carbocycles. The molecule has 0 N–H and O–H groups in total. The molecule has 0 unspecified atom stereocenters. The number of aromatic nitrogens is 5. The molecule has 2 aliphatic heterocycles. The minimum absolute atomic E-state index is 0.228. The molecule has 1 saturated carbocycles. The van der Waals surface area contributed by atoms with E-state index >= 15 is 0 Å². The van der Waals surface area contributed by atoms with Crippen LogP contribution in [0.2, 0.25) is 5.02 Å². The third-order valence-corrected chi connectivity index (χ3v) is 7.55. The number of benzene rings is 1. The van der Waals surface area contributed by atoms with Crippen LogP contribution in [0.4, 0.5) is 5.95 Å². The largest absolute Gasteiger partial charge is 0.341 e. The van der Waals surface area contributed by atoms with Gasteiger partial charge in [0, 0.05) is 43.3 Å². The lowest BCUT2D eigenvalue weighted by molar-refractivity contribution is 0.223. The van der Waals surface area contributed by atoms with E-state index < -0.39 is 0 Å². The number of nitriles is 2. The molecule has 0 bridgehead atoms. The maximum absolute atomic E-state index is 9.64. The van der Waals surface area contributed by atoms with Crippen molar-refractivity contribution >= 4 is 17.5 Å². The minimum atomic E-state index is -0.228. The van der Waals surface area contributed by atoms with Gasteiger partial charge in [-0.1, -0.05) is 11.6 Å². The molecule has 0 radical (unpaired) electrons. The molecular weight excluding hydrogens is 462 g/mol. The van der Waals surface area contributed by atoms with Crippen LogP contribution >= 0.6 is 11.6 Å². The van der Waals surface area contributed by atoms with E-state index in [0.29, 0.717) is 23.2 Å². The Hall–Kier alpha value is -3.53. The number of hydrogen-bond acceptors (Lipinski definition) is 8. The van der Waals surface area contributed by atoms with Gasteiger partial charge in [-0.05, 0) is 55.5 Å². The maximum atomic E-state index is 9.64. The number of nitrogens with zero attached hydrogens (tertiary/aromatic N) is 9. The summed E-state index contributed by atoms with van der Waals surface area (Å²) in [5.74, 6) is 2.72. The molecule has 4 heterocycles. The average Bonchev–Trinajstić information content (AvgIpc) is 3.58. The molecule has 35 heavy (non-hydrogen) atoms. The quantitative estimate of drug-likeness (QED) is 0.551. The first-order chi connectivity index (χ1) is 17.1. The van der Waals surface area contributed by atoms with Gasteiger partial charge in [-0.3, -0.25) is 9.47 Å². The van der Waals surface area contributed by atoms with Crippen LogP contribution in [0.15, 0.2) is 30.5 Å². The van der Waals surface area contributed by atoms with Gasteiger partial charge in [-0.15, -0.1) is 10.2 Å². The highest BCUT2D eigenvalue weighted by Crippen LogP contribution is 2.46. The fraction of sp³-hybridized carbons (Fsp3) is 0.440. The predicted molar refractivity (Wildman–Crippen MR) is 129 cm³/mol. The van der Waals surface area contributed by atoms with E-state index in [1.54, 1.807) is 12.3 Å². The highest BCUT2D eigenvalue weighted by Gasteiger charge is 2.45. The van der Waals surface area contributed by atoms with Crippen molar-refractivity contribution in [1.82, 2.24) is 29.6 Å². The van der Waals surface area contributed by atoms with Gasteiger partial charge < -0.3 is 4.90 Å². The monoisotopic (exact) mass is 485 g/mol. The van der Waals surface area contributed by atoms with Crippen molar-refractivity contribution in [3.05, 3.63) is 58.4 Å². The third-order valence-electron chi connectivity index (χ3n) is 7.31. The lowest BCUT2D eigenvalue weighted by atomic mass is 9.95. The minimum Gasteiger partial charge on any atom is -0.341 e. The molecule has 2 aromatic heterocycles. The Morgan fingerprint density at radius 2 is 1.91 bits per heavy atom. The van der Waals surface area contributed by atoms with Gasteiger partial charge in [0.25, 0.3) is 0 Å². The van der Waals surface area contributed by atoms with E-state index in [9.17, 15) is 5.26 Å². The zero-order chi connectivity index (χ0) is 24.0. The van der Waals surface area contributed by atoms with Crippen molar-refractivity contribution < 1.29 is 0 Å². The van der Waals surface area contributed by atoms with Crippen LogP contribution in [0.25, 0.3) is 5.69 Å². The molecule has 0 spiro atoms. The summed E-state index contributed by atoms with van der Waals surface area (Å²) in [5, 5.41) is 28.8. The van der Waals surface area contributed by atoms with Gasteiger partial charge in [0.1, 0.15) is 17.6 Å². The zero-order valence-corrected chi connectivity index (χ0v) is 20.0. The van der Waals surface area contributed by atoms with Crippen LogP contribution in [0.3, 0.4) is 0 Å². The van der Waals surface area contributed by atoms with Crippen molar-refractivity contribution in [3.63, 3.8) is 0 Å². The summed E-state index contributed by atoms with van der Waals surface area (Å²) in [7, 11) is 0. The fourth-order valence-corrected chi connectivity index (χ4v) is 5.45. The first-order valence-electron chi connectivity index (χ1n) is 11.9. The van der Waals surface area contributed by atoms with Crippen LogP contribution in [-0.2, 0) is 13.1 Å². The molecule has 10 heteroatoms. The maximum Gasteiger partial charge on any atom is 0.226 e. The SMILES string of the molecule is N#Cc1ccnc(N2CCC(c3nnc4n3-c3ccc(Cl)cc3CN(CC3(C#N)CC3)C4)CC2)n1. The Bertz CT molecular complexity index is 1360. The molecule has 3 aromatic rings. The number of halogens is 1. The summed E-state index contributed by atoms with van der Waals surface area (Å²) in [4.78, 5) is 13.1. The average molecular weight is 486 g/mol. The normalized spacial score (nSPS) is 19.2. The molecule has 0 atom stereocenters. The van der Waals surface area contributed by atoms with E-state index in [1.165, 1.54) is 0 Å². The van der Waals surface area contributed by atoms with Gasteiger partial charge >= 0.3 is 0 Å². The molecule has 2 fully saturated rings. The zero-order valence-electron chi connectivity index (χ0n) is 19.2. The van der Waals surface area contributed by atoms with Crippen LogP contribution < -0.4 is 4.90 Å². The van der Waals surface area contributed by atoms with Crippen molar-refractivity contribution in [2.24, 2.45) is 5.41 Å². The Kier molecular flexibility index (Phi) is 5.40. The molecule has 1 aromatic carbocycles. The molecule has 9 nitrogen and oxygen atoms in total. The molecule has 3 aliphatic rings. The summed E-state index contributed by atoms with van der Waals surface area (Å²) >= 11 is 6.39. The van der Waals surface area contributed by atoms with Crippen molar-refractivity contribution in [2.75, 3.05) is 24.5 Å². The van der Waals surface area contributed by atoms with Gasteiger partial charge in [0.2, 0.25) is 5.95 Å². The van der Waals surface area contributed by atoms with Crippen molar-refractivity contribution in [2.45, 2.75) is 44.7 Å². The highest BCUT2D eigenvalue weighted by molar-refractivity contribution is 6.30. The second-order valence-corrected chi connectivity index (χ2v) is 10.2. The van der Waals surface area contributed by atoms with Crippen LogP contribution in [0.5, 0.6) is 0 Å². The first-order valence-corrected chi connectivity index (χ1v) is 12.3. The van der Waals surface area contributed by atoms with Gasteiger partial charge in [-0.2, -0.15) is 10.5 Å². The molecule has 0 amide bonds. The fourth-order valence-electron chi connectivity index (χ4n) is 5.25. The summed E-state index contributed by atoms with van der Waals surface area (Å²) in [6.07, 6.45) is 5.34. The van der Waals surface area contributed by atoms with Crippen LogP contribution in [0.1, 0.15) is 54.5 Å². The van der Waals surface area contributed by atoms with Gasteiger partial charge in [0.15, 0.2) is 5.82 Å². The van der Waals surface area contributed by atoms with Crippen molar-refractivity contribution in [3.8, 4) is 17.8 Å². The summed E-state index contributed by atoms with van der Waals surface area (Å²) in [5.41, 5.74) is 2.35. The number of piperidine rings is 1. The second-order valence-electron chi connectivity index (χ2n) is 9.74. The van der Waals surface area contributed by atoms with Crippen LogP contribution in [0, 0.1) is 28.1 Å². The third kappa shape index (κ3) is 4.12. The first kappa shape index (κ1) is 22.0. The Labute approximate surface area is 208 Å². The van der Waals surface area contributed by atoms with E-state index in [4.69, 9.17) is 16.9 Å². The van der Waals surface area contributed by atoms with E-state index in [0.717, 1.165) is 74.8 Å². The van der Waals surface area contributed by atoms with Crippen LogP contribution in [-0.4, -0.2) is 49.3 Å². The lowest BCUT2D eigenvalue weighted by Gasteiger charge is -2.31. The second kappa shape index (κ2) is 8.60. The summed E-state index contributed by atoms with van der Waals surface area (Å²) < 4.78 is 2.21. The summed E-state index contributed by atoms with van der Waals surface area (Å²) in [6.45, 7) is 3.68. The predicted octanol–water partition coefficient (Wildman–Crippen LogP) is 3.59. The molecule has 176 valence electrons. The molecular formula is C25H24ClN9. The lowest BCUT2D eigenvalue weighted by Crippen LogP contribution is -2.35. The highest BCUT2D eigenvalue weighted by atomic mass is 35.5. The number of anilines is 1. The Morgan fingerprint density at radius 3 is 2.66 bits per heavy atom. The summed E-state index contributed by atoms with van der Waals surface area (Å²) in [6, 6.07) is 12.2. The van der Waals surface area contributed by atoms with E-state index in [1.807, 2.05) is 12.1 Å². The Morgan fingerprint density at radius 1 is 1.09 bits per heavy atom. The van der Waals surface area contributed by atoms with E-state index in [-0.39, 0.29) is 11.3 Å². The topological polar surface area (TPSA) is 111 Å². The van der Waals surface area contributed by atoms with E-state index in [2.05, 4.69) is 52.7 Å². The number of rotatable bonds is 4. The Balaban J connectivity index is 1.28. The van der Waals surface area contributed by atoms with Crippen molar-refractivity contribution in [1.29, 1.82) is 10.5 Å².